The number of benzene rings is 1. The van der Waals surface area contributed by atoms with Crippen molar-refractivity contribution < 1.29 is 24.3 Å². The molecule has 0 saturated carbocycles. The van der Waals surface area contributed by atoms with Crippen LogP contribution in [0, 0.1) is 17.8 Å². The molecule has 1 aromatic carbocycles. The molecule has 0 bridgehead atoms. The summed E-state index contributed by atoms with van der Waals surface area (Å²) < 4.78 is 0. The molecule has 3 amide bonds. The Hall–Kier alpha value is -2.94. The highest BCUT2D eigenvalue weighted by Gasteiger charge is 2.34. The maximum Gasteiger partial charge on any atom is 0.326 e. The van der Waals surface area contributed by atoms with E-state index in [0.29, 0.717) is 19.3 Å². The molecule has 0 spiro atoms. The van der Waals surface area contributed by atoms with Crippen molar-refractivity contribution >= 4 is 23.7 Å². The third-order valence-electron chi connectivity index (χ3n) is 6.54. The van der Waals surface area contributed by atoms with Crippen molar-refractivity contribution in [2.45, 2.75) is 91.4 Å². The second kappa shape index (κ2) is 15.2. The van der Waals surface area contributed by atoms with Gasteiger partial charge in [0.05, 0.1) is 6.04 Å². The molecule has 0 aliphatic rings. The molecule has 0 aliphatic carbocycles. The van der Waals surface area contributed by atoms with Crippen molar-refractivity contribution in [2.75, 3.05) is 0 Å². The summed E-state index contributed by atoms with van der Waals surface area (Å²) in [5.41, 5.74) is 7.03. The van der Waals surface area contributed by atoms with E-state index in [9.17, 15) is 24.3 Å². The number of carbonyl (C=O) groups is 4. The molecule has 0 aliphatic heterocycles. The van der Waals surface area contributed by atoms with Crippen LogP contribution >= 0.6 is 0 Å². The van der Waals surface area contributed by atoms with E-state index in [1.165, 1.54) is 0 Å². The van der Waals surface area contributed by atoms with E-state index in [1.807, 2.05) is 71.9 Å². The highest BCUT2D eigenvalue weighted by molar-refractivity contribution is 5.94. The summed E-state index contributed by atoms with van der Waals surface area (Å²) in [6, 6.07) is 5.64. The third-order valence-corrected chi connectivity index (χ3v) is 6.54. The average Bonchev–Trinajstić information content (AvgIpc) is 2.84. The molecular weight excluding hydrogens is 460 g/mol. The van der Waals surface area contributed by atoms with Gasteiger partial charge in [0.2, 0.25) is 17.7 Å². The molecule has 0 fully saturated rings. The fraction of sp³-hybridized carbons (Fsp3) is 0.630. The van der Waals surface area contributed by atoms with E-state index in [1.54, 1.807) is 0 Å². The zero-order chi connectivity index (χ0) is 27.4. The van der Waals surface area contributed by atoms with Crippen LogP contribution < -0.4 is 21.7 Å². The second-order valence-corrected chi connectivity index (χ2v) is 10.1. The molecule has 0 heterocycles. The Labute approximate surface area is 215 Å². The molecule has 9 nitrogen and oxygen atoms in total. The van der Waals surface area contributed by atoms with Crippen LogP contribution in [0.3, 0.4) is 0 Å². The Bertz CT molecular complexity index is 861. The van der Waals surface area contributed by atoms with Crippen molar-refractivity contribution in [3.63, 3.8) is 0 Å². The van der Waals surface area contributed by atoms with Crippen molar-refractivity contribution in [1.82, 2.24) is 16.0 Å². The maximum atomic E-state index is 13.3. The standard InChI is InChI=1S/C27H44N4O5/c1-7-17(5)22(25(33)29-21(27(35)36)14-16(3)4)31-26(34)23(18(6)8-2)30-24(32)20(28)15-19-12-10-9-11-13-19/h9-13,16-18,20-23H,7-8,14-15,28H2,1-6H3,(H,29,33)(H,30,32)(H,31,34)(H,35,36). The predicted octanol–water partition coefficient (Wildman–Crippen LogP) is 2.23. The van der Waals surface area contributed by atoms with Gasteiger partial charge in [-0.1, -0.05) is 84.7 Å². The normalized spacial score (nSPS) is 16.2. The summed E-state index contributed by atoms with van der Waals surface area (Å²) in [6.45, 7) is 11.2. The van der Waals surface area contributed by atoms with Gasteiger partial charge >= 0.3 is 5.97 Å². The van der Waals surface area contributed by atoms with Crippen LogP contribution in [0.4, 0.5) is 0 Å². The van der Waals surface area contributed by atoms with Crippen LogP contribution in [0.25, 0.3) is 0 Å². The number of amides is 3. The second-order valence-electron chi connectivity index (χ2n) is 10.1. The number of rotatable bonds is 15. The Balaban J connectivity index is 3.01. The molecule has 9 heteroatoms. The third kappa shape index (κ3) is 9.97. The Morgan fingerprint density at radius 2 is 1.28 bits per heavy atom. The van der Waals surface area contributed by atoms with Gasteiger partial charge in [-0.25, -0.2) is 4.79 Å². The molecule has 1 aromatic rings. The Morgan fingerprint density at radius 1 is 0.806 bits per heavy atom. The molecule has 6 atom stereocenters. The lowest BCUT2D eigenvalue weighted by molar-refractivity contribution is -0.143. The number of carboxylic acids is 1. The first-order chi connectivity index (χ1) is 16.9. The molecule has 202 valence electrons. The van der Waals surface area contributed by atoms with Gasteiger partial charge in [0.25, 0.3) is 0 Å². The Morgan fingerprint density at radius 3 is 1.72 bits per heavy atom. The lowest BCUT2D eigenvalue weighted by Crippen LogP contribution is -2.60. The van der Waals surface area contributed by atoms with Gasteiger partial charge < -0.3 is 26.8 Å². The summed E-state index contributed by atoms with van der Waals surface area (Å²) in [5, 5.41) is 17.6. The monoisotopic (exact) mass is 504 g/mol. The number of nitrogens with one attached hydrogen (secondary N) is 3. The molecule has 6 unspecified atom stereocenters. The Kier molecular flexibility index (Phi) is 13.2. The van der Waals surface area contributed by atoms with Crippen LogP contribution in [-0.2, 0) is 25.6 Å². The number of hydrogen-bond donors (Lipinski definition) is 5. The van der Waals surface area contributed by atoms with Crippen LogP contribution in [0.1, 0.15) is 66.4 Å². The molecule has 0 aromatic heterocycles. The lowest BCUT2D eigenvalue weighted by Gasteiger charge is -2.30. The van der Waals surface area contributed by atoms with E-state index in [-0.39, 0.29) is 24.2 Å². The van der Waals surface area contributed by atoms with Gasteiger partial charge in [-0.2, -0.15) is 0 Å². The zero-order valence-electron chi connectivity index (χ0n) is 22.4. The summed E-state index contributed by atoms with van der Waals surface area (Å²) in [6.07, 6.45) is 1.80. The number of aliphatic carboxylic acids is 1. The largest absolute Gasteiger partial charge is 0.480 e. The molecular formula is C27H44N4O5. The van der Waals surface area contributed by atoms with Gasteiger partial charge in [0.1, 0.15) is 18.1 Å². The van der Waals surface area contributed by atoms with Crippen molar-refractivity contribution in [1.29, 1.82) is 0 Å². The topological polar surface area (TPSA) is 151 Å². The number of carbonyl (C=O) groups excluding carboxylic acids is 3. The van der Waals surface area contributed by atoms with Crippen molar-refractivity contribution in [3.8, 4) is 0 Å². The van der Waals surface area contributed by atoms with E-state index < -0.39 is 47.9 Å². The maximum absolute atomic E-state index is 13.3. The van der Waals surface area contributed by atoms with Crippen LogP contribution in [0.15, 0.2) is 30.3 Å². The van der Waals surface area contributed by atoms with E-state index in [0.717, 1.165) is 5.56 Å². The molecule has 1 rings (SSSR count). The van der Waals surface area contributed by atoms with Crippen molar-refractivity contribution in [2.24, 2.45) is 23.5 Å². The van der Waals surface area contributed by atoms with Crippen molar-refractivity contribution in [3.05, 3.63) is 35.9 Å². The summed E-state index contributed by atoms with van der Waals surface area (Å²) in [5.74, 6) is -3.04. The van der Waals surface area contributed by atoms with E-state index in [4.69, 9.17) is 5.73 Å². The van der Waals surface area contributed by atoms with Crippen LogP contribution in [0.2, 0.25) is 0 Å². The molecule has 0 saturated heterocycles. The summed E-state index contributed by atoms with van der Waals surface area (Å²) in [7, 11) is 0. The number of nitrogens with two attached hydrogens (primary N) is 1. The first-order valence-electron chi connectivity index (χ1n) is 12.8. The van der Waals surface area contributed by atoms with E-state index >= 15 is 0 Å². The number of carboxylic acid groups (broad SMARTS) is 1. The first-order valence-corrected chi connectivity index (χ1v) is 12.8. The molecule has 0 radical (unpaired) electrons. The highest BCUT2D eigenvalue weighted by Crippen LogP contribution is 2.14. The predicted molar refractivity (Wildman–Crippen MR) is 140 cm³/mol. The quantitative estimate of drug-likeness (QED) is 0.247. The average molecular weight is 505 g/mol. The minimum Gasteiger partial charge on any atom is -0.480 e. The fourth-order valence-corrected chi connectivity index (χ4v) is 3.82. The fourth-order valence-electron chi connectivity index (χ4n) is 3.82. The highest BCUT2D eigenvalue weighted by atomic mass is 16.4. The smallest absolute Gasteiger partial charge is 0.326 e. The van der Waals surface area contributed by atoms with Gasteiger partial charge in [-0.3, -0.25) is 14.4 Å². The minimum atomic E-state index is -1.12. The zero-order valence-corrected chi connectivity index (χ0v) is 22.4. The van der Waals surface area contributed by atoms with Gasteiger partial charge in [0.15, 0.2) is 0 Å². The van der Waals surface area contributed by atoms with Gasteiger partial charge in [-0.05, 0) is 36.2 Å². The summed E-state index contributed by atoms with van der Waals surface area (Å²) in [4.78, 5) is 50.9. The molecule has 6 N–H and O–H groups in total. The first kappa shape index (κ1) is 31.1. The van der Waals surface area contributed by atoms with Crippen LogP contribution in [0.5, 0.6) is 0 Å². The SMILES string of the molecule is CCC(C)C(NC(=O)C(N)Cc1ccccc1)C(=O)NC(C(=O)NC(CC(C)C)C(=O)O)C(C)CC. The summed E-state index contributed by atoms with van der Waals surface area (Å²) >= 11 is 0. The van der Waals surface area contributed by atoms with Gasteiger partial charge in [-0.15, -0.1) is 0 Å². The van der Waals surface area contributed by atoms with Gasteiger partial charge in [0, 0.05) is 0 Å². The van der Waals surface area contributed by atoms with Crippen LogP contribution in [-0.4, -0.2) is 53.0 Å². The lowest BCUT2D eigenvalue weighted by atomic mass is 9.94. The van der Waals surface area contributed by atoms with E-state index in [2.05, 4.69) is 16.0 Å². The number of hydrogen-bond acceptors (Lipinski definition) is 5. The molecule has 36 heavy (non-hydrogen) atoms. The minimum absolute atomic E-state index is 0.0631.